The molecule has 2 rings (SSSR count). The Balaban J connectivity index is 1.90. The number of nitrogens with zero attached hydrogens (tertiary/aromatic N) is 1. The lowest BCUT2D eigenvalue weighted by Crippen LogP contribution is -2.48. The van der Waals surface area contributed by atoms with Crippen molar-refractivity contribution >= 4 is 11.3 Å². The van der Waals surface area contributed by atoms with Crippen molar-refractivity contribution in [1.82, 2.24) is 10.2 Å². The second-order valence-corrected chi connectivity index (χ2v) is 6.52. The van der Waals surface area contributed by atoms with Crippen molar-refractivity contribution in [1.29, 1.82) is 0 Å². The Morgan fingerprint density at radius 3 is 3.05 bits per heavy atom. The van der Waals surface area contributed by atoms with Crippen molar-refractivity contribution in [3.63, 3.8) is 0 Å². The quantitative estimate of drug-likeness (QED) is 0.832. The van der Waals surface area contributed by atoms with Crippen LogP contribution in [0.2, 0.25) is 0 Å². The number of rotatable bonds is 7. The summed E-state index contributed by atoms with van der Waals surface area (Å²) < 4.78 is 5.75. The van der Waals surface area contributed by atoms with Gasteiger partial charge in [-0.3, -0.25) is 0 Å². The summed E-state index contributed by atoms with van der Waals surface area (Å²) in [5, 5.41) is 7.91. The fourth-order valence-electron chi connectivity index (χ4n) is 2.94. The maximum absolute atomic E-state index is 5.75. The van der Waals surface area contributed by atoms with E-state index in [1.807, 2.05) is 0 Å². The van der Waals surface area contributed by atoms with Crippen LogP contribution in [0.4, 0.5) is 0 Å². The van der Waals surface area contributed by atoms with Crippen LogP contribution in [0.15, 0.2) is 16.8 Å². The summed E-state index contributed by atoms with van der Waals surface area (Å²) in [5.74, 6) is 0. The van der Waals surface area contributed by atoms with Crippen molar-refractivity contribution < 1.29 is 4.74 Å². The van der Waals surface area contributed by atoms with Crippen molar-refractivity contribution in [3.05, 3.63) is 22.4 Å². The monoisotopic (exact) mass is 282 g/mol. The second kappa shape index (κ2) is 7.39. The van der Waals surface area contributed by atoms with Gasteiger partial charge in [-0.1, -0.05) is 6.92 Å². The molecule has 0 amide bonds. The Kier molecular flexibility index (Phi) is 5.82. The summed E-state index contributed by atoms with van der Waals surface area (Å²) in [6.45, 7) is 8.25. The number of nitrogens with one attached hydrogen (secondary N) is 1. The maximum atomic E-state index is 5.75. The van der Waals surface area contributed by atoms with E-state index in [4.69, 9.17) is 4.74 Å². The molecule has 1 aromatic rings. The van der Waals surface area contributed by atoms with E-state index in [0.717, 1.165) is 39.4 Å². The summed E-state index contributed by atoms with van der Waals surface area (Å²) in [7, 11) is 2.22. The molecule has 2 heterocycles. The minimum atomic E-state index is 0.291. The van der Waals surface area contributed by atoms with E-state index in [2.05, 4.69) is 41.0 Å². The molecule has 0 spiro atoms. The molecular weight excluding hydrogens is 256 g/mol. The largest absolute Gasteiger partial charge is 0.381 e. The molecule has 1 fully saturated rings. The molecule has 0 aliphatic carbocycles. The topological polar surface area (TPSA) is 24.5 Å². The third-order valence-corrected chi connectivity index (χ3v) is 4.52. The molecule has 4 heteroatoms. The van der Waals surface area contributed by atoms with E-state index in [-0.39, 0.29) is 0 Å². The summed E-state index contributed by atoms with van der Waals surface area (Å²) in [6, 6.07) is 2.22. The Bertz CT molecular complexity index is 347. The van der Waals surface area contributed by atoms with Gasteiger partial charge in [-0.25, -0.2) is 0 Å². The Morgan fingerprint density at radius 1 is 1.53 bits per heavy atom. The third kappa shape index (κ3) is 4.56. The van der Waals surface area contributed by atoms with E-state index in [1.165, 1.54) is 18.4 Å². The number of hydrogen-bond acceptors (Lipinski definition) is 4. The highest BCUT2D eigenvalue weighted by Crippen LogP contribution is 2.29. The standard InChI is InChI=1S/C15H26N2OS/c1-3-16-11-15(6-4-7-18-13-15)12-17(2)9-14-5-8-19-10-14/h5,8,10,16H,3-4,6-7,9,11-13H2,1-2H3. The fourth-order valence-corrected chi connectivity index (χ4v) is 3.60. The van der Waals surface area contributed by atoms with Crippen molar-refractivity contribution in [2.45, 2.75) is 26.3 Å². The summed E-state index contributed by atoms with van der Waals surface area (Å²) in [5.41, 5.74) is 1.71. The zero-order valence-electron chi connectivity index (χ0n) is 12.2. The summed E-state index contributed by atoms with van der Waals surface area (Å²) in [6.07, 6.45) is 2.46. The molecule has 0 saturated carbocycles. The van der Waals surface area contributed by atoms with Gasteiger partial charge in [0.05, 0.1) is 6.61 Å². The van der Waals surface area contributed by atoms with Crippen LogP contribution in [0.3, 0.4) is 0 Å². The molecule has 0 radical (unpaired) electrons. The molecule has 1 unspecified atom stereocenters. The average molecular weight is 282 g/mol. The normalized spacial score (nSPS) is 23.9. The van der Waals surface area contributed by atoms with Crippen LogP contribution in [-0.4, -0.2) is 44.8 Å². The van der Waals surface area contributed by atoms with Gasteiger partial charge in [0.1, 0.15) is 0 Å². The van der Waals surface area contributed by atoms with Gasteiger partial charge in [-0.05, 0) is 48.8 Å². The Hall–Kier alpha value is -0.420. The van der Waals surface area contributed by atoms with Gasteiger partial charge < -0.3 is 15.0 Å². The van der Waals surface area contributed by atoms with Gasteiger partial charge in [0.15, 0.2) is 0 Å². The Labute approximate surface area is 121 Å². The maximum Gasteiger partial charge on any atom is 0.0546 e. The molecular formula is C15H26N2OS. The highest BCUT2D eigenvalue weighted by atomic mass is 32.1. The predicted molar refractivity (Wildman–Crippen MR) is 81.7 cm³/mol. The van der Waals surface area contributed by atoms with E-state index < -0.39 is 0 Å². The zero-order chi connectivity index (χ0) is 13.6. The minimum Gasteiger partial charge on any atom is -0.381 e. The van der Waals surface area contributed by atoms with Gasteiger partial charge in [-0.15, -0.1) is 0 Å². The highest BCUT2D eigenvalue weighted by Gasteiger charge is 2.33. The van der Waals surface area contributed by atoms with Gasteiger partial charge >= 0.3 is 0 Å². The predicted octanol–water partition coefficient (Wildman–Crippen LogP) is 2.59. The highest BCUT2D eigenvalue weighted by molar-refractivity contribution is 7.07. The van der Waals surface area contributed by atoms with Crippen molar-refractivity contribution in [2.24, 2.45) is 5.41 Å². The molecule has 1 aromatic heterocycles. The molecule has 0 bridgehead atoms. The van der Waals surface area contributed by atoms with Crippen molar-refractivity contribution in [2.75, 3.05) is 39.9 Å². The van der Waals surface area contributed by atoms with Gasteiger partial charge in [0, 0.05) is 31.7 Å². The first-order valence-corrected chi connectivity index (χ1v) is 8.16. The smallest absolute Gasteiger partial charge is 0.0546 e. The molecule has 1 N–H and O–H groups in total. The number of hydrogen-bond donors (Lipinski definition) is 1. The van der Waals surface area contributed by atoms with E-state index in [0.29, 0.717) is 5.41 Å². The first-order valence-electron chi connectivity index (χ1n) is 7.22. The molecule has 3 nitrogen and oxygen atoms in total. The molecule has 108 valence electrons. The van der Waals surface area contributed by atoms with Gasteiger partial charge in [0.25, 0.3) is 0 Å². The molecule has 1 saturated heterocycles. The molecule has 1 atom stereocenters. The number of ether oxygens (including phenoxy) is 1. The van der Waals surface area contributed by atoms with Crippen LogP contribution in [0, 0.1) is 5.41 Å². The lowest BCUT2D eigenvalue weighted by atomic mass is 9.81. The summed E-state index contributed by atoms with van der Waals surface area (Å²) >= 11 is 1.78. The van der Waals surface area contributed by atoms with Gasteiger partial charge in [-0.2, -0.15) is 11.3 Å². The Morgan fingerprint density at radius 2 is 2.42 bits per heavy atom. The number of thiophene rings is 1. The molecule has 1 aliphatic rings. The molecule has 0 aromatic carbocycles. The first kappa shape index (κ1) is 15.0. The lowest BCUT2D eigenvalue weighted by Gasteiger charge is -2.40. The lowest BCUT2D eigenvalue weighted by molar-refractivity contribution is -0.0234. The zero-order valence-corrected chi connectivity index (χ0v) is 13.0. The van der Waals surface area contributed by atoms with Crippen LogP contribution in [0.25, 0.3) is 0 Å². The van der Waals surface area contributed by atoms with E-state index in [1.54, 1.807) is 11.3 Å². The van der Waals surface area contributed by atoms with E-state index in [9.17, 15) is 0 Å². The molecule has 19 heavy (non-hydrogen) atoms. The van der Waals surface area contributed by atoms with Crippen molar-refractivity contribution in [3.8, 4) is 0 Å². The van der Waals surface area contributed by atoms with Crippen LogP contribution in [-0.2, 0) is 11.3 Å². The molecule has 1 aliphatic heterocycles. The van der Waals surface area contributed by atoms with Crippen LogP contribution in [0.5, 0.6) is 0 Å². The fraction of sp³-hybridized carbons (Fsp3) is 0.733. The first-order chi connectivity index (χ1) is 9.24. The van der Waals surface area contributed by atoms with Gasteiger partial charge in [0.2, 0.25) is 0 Å². The minimum absolute atomic E-state index is 0.291. The second-order valence-electron chi connectivity index (χ2n) is 5.74. The van der Waals surface area contributed by atoms with Crippen LogP contribution < -0.4 is 5.32 Å². The SMILES string of the molecule is CCNCC1(CN(C)Cc2ccsc2)CCCOC1. The van der Waals surface area contributed by atoms with Crippen LogP contribution in [0.1, 0.15) is 25.3 Å². The van der Waals surface area contributed by atoms with E-state index >= 15 is 0 Å². The summed E-state index contributed by atoms with van der Waals surface area (Å²) in [4.78, 5) is 2.44. The third-order valence-electron chi connectivity index (χ3n) is 3.79. The average Bonchev–Trinajstić information content (AvgIpc) is 2.90. The van der Waals surface area contributed by atoms with Crippen LogP contribution >= 0.6 is 11.3 Å².